The van der Waals surface area contributed by atoms with Crippen molar-refractivity contribution in [3.8, 4) is 11.5 Å². The fraction of sp³-hybridized carbons (Fsp3) is 0.240. The molecule has 0 radical (unpaired) electrons. The number of fused-ring (bicyclic) bond motifs is 3. The van der Waals surface area contributed by atoms with E-state index >= 15 is 0 Å². The molecule has 160 valence electrons. The average molecular weight is 429 g/mol. The predicted octanol–water partition coefficient (Wildman–Crippen LogP) is 3.92. The van der Waals surface area contributed by atoms with Gasteiger partial charge in [-0.2, -0.15) is 0 Å². The summed E-state index contributed by atoms with van der Waals surface area (Å²) in [5, 5.41) is 0.729. The Hall–Kier alpha value is -3.87. The smallest absolute Gasteiger partial charge is 0.347 e. The van der Waals surface area contributed by atoms with Gasteiger partial charge in [-0.15, -0.1) is 0 Å². The number of nitrogens with zero attached hydrogens (tertiary/aromatic N) is 1. The highest BCUT2D eigenvalue weighted by Gasteiger charge is 2.33. The van der Waals surface area contributed by atoms with Crippen LogP contribution < -0.4 is 9.47 Å². The quantitative estimate of drug-likeness (QED) is 0.584. The normalized spacial score (nSPS) is 19.9. The second-order valence-corrected chi connectivity index (χ2v) is 7.96. The van der Waals surface area contributed by atoms with E-state index in [1.807, 2.05) is 42.5 Å². The van der Waals surface area contributed by atoms with Gasteiger partial charge in [-0.3, -0.25) is 0 Å². The van der Waals surface area contributed by atoms with Crippen molar-refractivity contribution in [1.29, 1.82) is 0 Å². The van der Waals surface area contributed by atoms with Crippen molar-refractivity contribution < 1.29 is 28.5 Å². The fourth-order valence-corrected chi connectivity index (χ4v) is 4.49. The molecule has 1 unspecified atom stereocenters. The van der Waals surface area contributed by atoms with Crippen LogP contribution in [0.3, 0.4) is 0 Å². The van der Waals surface area contributed by atoms with E-state index in [2.05, 4.69) is 6.08 Å². The fourth-order valence-electron chi connectivity index (χ4n) is 4.49. The molecule has 6 rings (SSSR count). The molecule has 0 saturated carbocycles. The number of rotatable bonds is 3. The van der Waals surface area contributed by atoms with Crippen molar-refractivity contribution in [3.63, 3.8) is 0 Å². The van der Waals surface area contributed by atoms with E-state index in [1.165, 1.54) is 0 Å². The maximum atomic E-state index is 13.2. The van der Waals surface area contributed by atoms with Crippen molar-refractivity contribution in [2.75, 3.05) is 13.4 Å². The molecule has 1 aromatic heterocycles. The van der Waals surface area contributed by atoms with Gasteiger partial charge in [0.2, 0.25) is 12.9 Å². The molecule has 3 heterocycles. The van der Waals surface area contributed by atoms with Crippen molar-refractivity contribution >= 4 is 34.5 Å². The first-order chi connectivity index (χ1) is 15.7. The minimum Gasteiger partial charge on any atom is -0.463 e. The molecule has 2 aromatic carbocycles. The van der Waals surface area contributed by atoms with Crippen molar-refractivity contribution in [1.82, 2.24) is 4.98 Å². The summed E-state index contributed by atoms with van der Waals surface area (Å²) in [6, 6.07) is 13.3. The summed E-state index contributed by atoms with van der Waals surface area (Å²) in [5.41, 5.74) is 4.86. The van der Waals surface area contributed by atoms with Gasteiger partial charge in [0.25, 0.3) is 0 Å². The van der Waals surface area contributed by atoms with Gasteiger partial charge in [-0.25, -0.2) is 14.6 Å². The average Bonchev–Trinajstić information content (AvgIpc) is 3.53. The van der Waals surface area contributed by atoms with E-state index < -0.39 is 18.0 Å². The van der Waals surface area contributed by atoms with Crippen LogP contribution in [0.15, 0.2) is 42.5 Å². The zero-order valence-corrected chi connectivity index (χ0v) is 17.1. The van der Waals surface area contributed by atoms with Gasteiger partial charge in [0.15, 0.2) is 11.5 Å². The molecule has 0 bridgehead atoms. The number of ether oxygens (including phenoxy) is 4. The Morgan fingerprint density at radius 3 is 2.81 bits per heavy atom. The first kappa shape index (κ1) is 18.9. The first-order valence-corrected chi connectivity index (χ1v) is 10.6. The second-order valence-electron chi connectivity index (χ2n) is 7.96. The molecule has 7 heteroatoms. The number of esters is 2. The van der Waals surface area contributed by atoms with Crippen LogP contribution in [-0.2, 0) is 20.7 Å². The summed E-state index contributed by atoms with van der Waals surface area (Å²) in [5.74, 6) is 0.458. The van der Waals surface area contributed by atoms with Crippen molar-refractivity contribution in [2.45, 2.75) is 25.4 Å². The Morgan fingerprint density at radius 2 is 1.94 bits per heavy atom. The number of benzene rings is 2. The third-order valence-corrected chi connectivity index (χ3v) is 6.02. The molecule has 7 nitrogen and oxygen atoms in total. The van der Waals surface area contributed by atoms with Gasteiger partial charge in [0.1, 0.15) is 0 Å². The Labute approximate surface area is 183 Å². The topological polar surface area (TPSA) is 84.0 Å². The van der Waals surface area contributed by atoms with E-state index in [4.69, 9.17) is 23.9 Å². The zero-order chi connectivity index (χ0) is 21.7. The number of aromatic nitrogens is 1. The second kappa shape index (κ2) is 7.37. The summed E-state index contributed by atoms with van der Waals surface area (Å²) in [4.78, 5) is 29.9. The van der Waals surface area contributed by atoms with Crippen LogP contribution in [0, 0.1) is 0 Å². The summed E-state index contributed by atoms with van der Waals surface area (Å²) >= 11 is 0. The van der Waals surface area contributed by atoms with Crippen LogP contribution in [0.5, 0.6) is 11.5 Å². The minimum atomic E-state index is -0.852. The van der Waals surface area contributed by atoms with Gasteiger partial charge in [-0.1, -0.05) is 24.3 Å². The number of hydrogen-bond acceptors (Lipinski definition) is 7. The summed E-state index contributed by atoms with van der Waals surface area (Å²) in [7, 11) is 0. The number of hydrogen-bond donors (Lipinski definition) is 0. The highest BCUT2D eigenvalue weighted by molar-refractivity contribution is 6.07. The third kappa shape index (κ3) is 3.09. The van der Waals surface area contributed by atoms with Crippen LogP contribution in [0.1, 0.15) is 40.0 Å². The molecule has 1 aliphatic carbocycles. The molecular formula is C25H19NO6. The van der Waals surface area contributed by atoms with Crippen LogP contribution >= 0.6 is 0 Å². The number of allylic oxidation sites excluding steroid dienone is 1. The molecule has 0 amide bonds. The number of pyridine rings is 1. The van der Waals surface area contributed by atoms with Crippen molar-refractivity contribution in [2.24, 2.45) is 0 Å². The van der Waals surface area contributed by atoms with Gasteiger partial charge in [-0.05, 0) is 53.8 Å². The lowest BCUT2D eigenvalue weighted by atomic mass is 10.0. The monoisotopic (exact) mass is 429 g/mol. The van der Waals surface area contributed by atoms with Crippen LogP contribution in [0.2, 0.25) is 0 Å². The molecule has 3 aliphatic rings. The molecule has 1 atom stereocenters. The Bertz CT molecular complexity index is 1310. The molecular weight excluding hydrogens is 410 g/mol. The van der Waals surface area contributed by atoms with E-state index in [9.17, 15) is 9.59 Å². The predicted molar refractivity (Wildman–Crippen MR) is 115 cm³/mol. The van der Waals surface area contributed by atoms with Crippen LogP contribution in [-0.4, -0.2) is 36.4 Å². The van der Waals surface area contributed by atoms with Gasteiger partial charge >= 0.3 is 11.9 Å². The van der Waals surface area contributed by atoms with Crippen molar-refractivity contribution in [3.05, 3.63) is 64.8 Å². The minimum absolute atomic E-state index is 0.228. The lowest BCUT2D eigenvalue weighted by molar-refractivity contribution is -0.145. The standard InChI is InChI=1S/C25H19NO6/c27-24-20(9-10-29-24)32-25(28)22-16-3-1-2-4-18(16)26-23-15(6-7-17(22)23)11-14-5-8-19-21(12-14)31-13-30-19/h1-5,8,11-12,20H,6-7,9-10,13H2/b15-11-. The molecule has 0 spiro atoms. The zero-order valence-electron chi connectivity index (χ0n) is 17.1. The largest absolute Gasteiger partial charge is 0.463 e. The lowest BCUT2D eigenvalue weighted by Crippen LogP contribution is -2.23. The highest BCUT2D eigenvalue weighted by Crippen LogP contribution is 2.39. The molecule has 32 heavy (non-hydrogen) atoms. The first-order valence-electron chi connectivity index (χ1n) is 10.6. The molecule has 2 aliphatic heterocycles. The van der Waals surface area contributed by atoms with Crippen LogP contribution in [0.25, 0.3) is 22.6 Å². The summed E-state index contributed by atoms with van der Waals surface area (Å²) < 4.78 is 21.4. The van der Waals surface area contributed by atoms with E-state index in [0.29, 0.717) is 23.9 Å². The van der Waals surface area contributed by atoms with Crippen LogP contribution in [0.4, 0.5) is 0 Å². The van der Waals surface area contributed by atoms with Gasteiger partial charge in [0.05, 0.1) is 23.4 Å². The van der Waals surface area contributed by atoms with E-state index in [1.54, 1.807) is 0 Å². The number of cyclic esters (lactones) is 1. The third-order valence-electron chi connectivity index (χ3n) is 6.02. The Balaban J connectivity index is 1.43. The maximum absolute atomic E-state index is 13.2. The Kier molecular flexibility index (Phi) is 4.35. The van der Waals surface area contributed by atoms with Gasteiger partial charge in [0, 0.05) is 11.8 Å². The number of carbonyl (C=O) groups excluding carboxylic acids is 2. The maximum Gasteiger partial charge on any atom is 0.347 e. The molecule has 0 N–H and O–H groups in total. The SMILES string of the molecule is O=C(OC1CCOC1=O)c1c2c(nc3ccccc13)/C(=C\c1ccc3c(c1)OCO3)CC2. The van der Waals surface area contributed by atoms with E-state index in [0.717, 1.165) is 45.7 Å². The summed E-state index contributed by atoms with van der Waals surface area (Å²) in [6.45, 7) is 0.500. The lowest BCUT2D eigenvalue weighted by Gasteiger charge is -2.14. The molecule has 1 fully saturated rings. The number of carbonyl (C=O) groups is 2. The van der Waals surface area contributed by atoms with Gasteiger partial charge < -0.3 is 18.9 Å². The highest BCUT2D eigenvalue weighted by atomic mass is 16.7. The molecule has 1 saturated heterocycles. The van der Waals surface area contributed by atoms with E-state index in [-0.39, 0.29) is 13.4 Å². The number of para-hydroxylation sites is 1. The summed E-state index contributed by atoms with van der Waals surface area (Å²) in [6.07, 6.45) is 3.02. The Morgan fingerprint density at radius 1 is 1.06 bits per heavy atom. The molecule has 3 aromatic rings.